The lowest BCUT2D eigenvalue weighted by atomic mass is 9.88. The highest BCUT2D eigenvalue weighted by molar-refractivity contribution is 7.88. The normalized spacial score (nSPS) is 34.1. The molecule has 0 aromatic rings. The molecule has 27 heavy (non-hydrogen) atoms. The average molecular weight is 420 g/mol. The van der Waals surface area contributed by atoms with Crippen LogP contribution in [0.1, 0.15) is 12.8 Å². The van der Waals surface area contributed by atoms with Gasteiger partial charge < -0.3 is 14.2 Å². The zero-order chi connectivity index (χ0) is 20.4. The summed E-state index contributed by atoms with van der Waals surface area (Å²) in [6, 6.07) is 0. The van der Waals surface area contributed by atoms with Crippen molar-refractivity contribution in [2.45, 2.75) is 36.2 Å². The molecule has 2 saturated carbocycles. The van der Waals surface area contributed by atoms with E-state index < -0.39 is 58.0 Å². The van der Waals surface area contributed by atoms with E-state index in [1.165, 1.54) is 0 Å². The number of esters is 3. The largest absolute Gasteiger partial charge is 0.458 e. The molecule has 0 spiro atoms. The summed E-state index contributed by atoms with van der Waals surface area (Å²) in [7, 11) is -6.59. The first-order valence-corrected chi connectivity index (χ1v) is 9.01. The zero-order valence-corrected chi connectivity index (χ0v) is 14.0. The van der Waals surface area contributed by atoms with Crippen LogP contribution in [0.5, 0.6) is 0 Å². The smallest absolute Gasteiger partial charge is 0.451 e. The molecule has 1 heterocycles. The molecule has 3 aliphatic rings. The number of fused-ring (bicyclic) bond motifs is 1. The van der Waals surface area contributed by atoms with Crippen LogP contribution in [0.2, 0.25) is 0 Å². The van der Waals surface area contributed by atoms with Crippen molar-refractivity contribution in [3.8, 4) is 0 Å². The van der Waals surface area contributed by atoms with Crippen LogP contribution in [0, 0.1) is 17.8 Å². The van der Waals surface area contributed by atoms with Crippen LogP contribution >= 0.6 is 0 Å². The van der Waals surface area contributed by atoms with E-state index in [0.29, 0.717) is 12.8 Å². The van der Waals surface area contributed by atoms with Gasteiger partial charge in [0.2, 0.25) is 0 Å². The molecule has 3 rings (SSSR count). The predicted molar refractivity (Wildman–Crippen MR) is 71.9 cm³/mol. The number of rotatable bonds is 5. The molecule has 2 aliphatic carbocycles. The second kappa shape index (κ2) is 6.02. The lowest BCUT2D eigenvalue weighted by molar-refractivity contribution is -0.216. The molecule has 0 aromatic heterocycles. The Kier molecular flexibility index (Phi) is 4.41. The Labute approximate surface area is 148 Å². The van der Waals surface area contributed by atoms with E-state index in [1.807, 2.05) is 0 Å². The third-order valence-corrected chi connectivity index (χ3v) is 6.09. The summed E-state index contributed by atoms with van der Waals surface area (Å²) < 4.78 is 94.9. The van der Waals surface area contributed by atoms with Crippen molar-refractivity contribution in [3.05, 3.63) is 0 Å². The Balaban J connectivity index is 1.61. The van der Waals surface area contributed by atoms with Gasteiger partial charge in [0.05, 0.1) is 5.92 Å². The Morgan fingerprint density at radius 2 is 1.85 bits per heavy atom. The maximum absolute atomic E-state index is 13.7. The summed E-state index contributed by atoms with van der Waals surface area (Å²) in [5.74, 6) is -5.51. The summed E-state index contributed by atoms with van der Waals surface area (Å²) in [5, 5.41) is -5.75. The van der Waals surface area contributed by atoms with E-state index in [0.717, 1.165) is 0 Å². The molecule has 1 N–H and O–H groups in total. The summed E-state index contributed by atoms with van der Waals surface area (Å²) in [6.07, 6.45) is -7.00. The van der Waals surface area contributed by atoms with Crippen LogP contribution in [-0.4, -0.2) is 60.9 Å². The maximum atomic E-state index is 13.7. The van der Waals surface area contributed by atoms with E-state index in [1.54, 1.807) is 0 Å². The summed E-state index contributed by atoms with van der Waals surface area (Å²) in [5.41, 5.74) is 0. The molecule has 1 saturated heterocycles. The Hall–Kier alpha value is -1.96. The standard InChI is InChI=1S/C13H12F4O9S/c14-12(13(15,16)17,27(21,22)23)11(20)24-3-7(18)25-8-4-1-5-6(2-4)10(19)26-9(5)8/h4-6,8-9H,1-3H2,(H,21,22,23)/t4?,5?,6?,8-,9?,12?/m0/s1. The Morgan fingerprint density at radius 3 is 2.41 bits per heavy atom. The SMILES string of the molecule is O=C(COC(=O)C(F)(C(F)(F)F)S(=O)(=O)O)O[C@H]1C2CC3C(=O)OC1C3C2. The number of alkyl halides is 4. The summed E-state index contributed by atoms with van der Waals surface area (Å²) in [6.45, 7) is -1.53. The van der Waals surface area contributed by atoms with E-state index in [9.17, 15) is 40.4 Å². The highest BCUT2D eigenvalue weighted by atomic mass is 32.2. The van der Waals surface area contributed by atoms with Gasteiger partial charge in [0.1, 0.15) is 12.2 Å². The molecule has 3 fully saturated rings. The van der Waals surface area contributed by atoms with Crippen molar-refractivity contribution < 1.29 is 59.1 Å². The van der Waals surface area contributed by atoms with Crippen LogP contribution in [0.3, 0.4) is 0 Å². The number of halogens is 4. The Bertz CT molecular complexity index is 794. The lowest BCUT2D eigenvalue weighted by Gasteiger charge is -2.25. The molecular weight excluding hydrogens is 408 g/mol. The summed E-state index contributed by atoms with van der Waals surface area (Å²) >= 11 is 0. The zero-order valence-electron chi connectivity index (χ0n) is 13.1. The molecule has 0 radical (unpaired) electrons. The van der Waals surface area contributed by atoms with Gasteiger partial charge in [-0.3, -0.25) is 9.35 Å². The second-order valence-electron chi connectivity index (χ2n) is 6.50. The minimum atomic E-state index is -6.59. The van der Waals surface area contributed by atoms with E-state index in [4.69, 9.17) is 14.0 Å². The van der Waals surface area contributed by atoms with Crippen molar-refractivity contribution in [2.75, 3.05) is 6.61 Å². The van der Waals surface area contributed by atoms with Gasteiger partial charge in [0.15, 0.2) is 6.61 Å². The fraction of sp³-hybridized carbons (Fsp3) is 0.769. The van der Waals surface area contributed by atoms with Crippen LogP contribution in [-0.2, 0) is 38.7 Å². The van der Waals surface area contributed by atoms with E-state index >= 15 is 0 Å². The monoisotopic (exact) mass is 420 g/mol. The molecule has 6 atom stereocenters. The van der Waals surface area contributed by atoms with Gasteiger partial charge >= 0.3 is 39.2 Å². The number of carbonyl (C=O) groups excluding carboxylic acids is 3. The van der Waals surface area contributed by atoms with Gasteiger partial charge in [-0.2, -0.15) is 21.6 Å². The molecule has 9 nitrogen and oxygen atoms in total. The molecule has 1 aliphatic heterocycles. The molecule has 0 amide bonds. The van der Waals surface area contributed by atoms with E-state index in [2.05, 4.69) is 4.74 Å². The maximum Gasteiger partial charge on any atom is 0.451 e. The molecule has 5 unspecified atom stereocenters. The molecular formula is C13H12F4O9S. The van der Waals surface area contributed by atoms with Crippen LogP contribution in [0.4, 0.5) is 17.6 Å². The first-order chi connectivity index (χ1) is 12.3. The lowest BCUT2D eigenvalue weighted by Crippen LogP contribution is -2.55. The van der Waals surface area contributed by atoms with Gasteiger partial charge in [0.25, 0.3) is 0 Å². The topological polar surface area (TPSA) is 133 Å². The molecule has 14 heteroatoms. The van der Waals surface area contributed by atoms with Gasteiger partial charge in [-0.1, -0.05) is 0 Å². The number of hydrogen-bond donors (Lipinski definition) is 1. The van der Waals surface area contributed by atoms with Gasteiger partial charge in [-0.05, 0) is 12.8 Å². The molecule has 152 valence electrons. The Morgan fingerprint density at radius 1 is 1.22 bits per heavy atom. The van der Waals surface area contributed by atoms with Crippen molar-refractivity contribution in [1.29, 1.82) is 0 Å². The highest BCUT2D eigenvalue weighted by Crippen LogP contribution is 2.55. The van der Waals surface area contributed by atoms with Gasteiger partial charge in [-0.25, -0.2) is 14.0 Å². The van der Waals surface area contributed by atoms with Crippen LogP contribution in [0.15, 0.2) is 0 Å². The number of hydrogen-bond acceptors (Lipinski definition) is 8. The minimum absolute atomic E-state index is 0.147. The van der Waals surface area contributed by atoms with Crippen LogP contribution < -0.4 is 0 Å². The van der Waals surface area contributed by atoms with Crippen molar-refractivity contribution in [1.82, 2.24) is 0 Å². The fourth-order valence-corrected chi connectivity index (χ4v) is 4.40. The number of ether oxygens (including phenoxy) is 3. The quantitative estimate of drug-likeness (QED) is 0.285. The van der Waals surface area contributed by atoms with Crippen LogP contribution in [0.25, 0.3) is 0 Å². The molecule has 0 aromatic carbocycles. The van der Waals surface area contributed by atoms with Gasteiger partial charge in [0, 0.05) is 11.8 Å². The first kappa shape index (κ1) is 19.8. The average Bonchev–Trinajstić information content (AvgIpc) is 3.14. The van der Waals surface area contributed by atoms with Gasteiger partial charge in [-0.15, -0.1) is 0 Å². The molecule has 2 bridgehead atoms. The predicted octanol–water partition coefficient (Wildman–Crippen LogP) is 0.139. The first-order valence-electron chi connectivity index (χ1n) is 7.57. The van der Waals surface area contributed by atoms with Crippen molar-refractivity contribution in [2.24, 2.45) is 17.8 Å². The fourth-order valence-electron chi connectivity index (χ4n) is 3.83. The third-order valence-electron chi connectivity index (χ3n) is 4.99. The van der Waals surface area contributed by atoms with Crippen molar-refractivity contribution >= 4 is 28.0 Å². The second-order valence-corrected chi connectivity index (χ2v) is 8.01. The highest BCUT2D eigenvalue weighted by Gasteiger charge is 2.73. The van der Waals surface area contributed by atoms with Crippen molar-refractivity contribution in [3.63, 3.8) is 0 Å². The third kappa shape index (κ3) is 2.94. The number of carbonyl (C=O) groups is 3. The van der Waals surface area contributed by atoms with E-state index in [-0.39, 0.29) is 17.8 Å². The minimum Gasteiger partial charge on any atom is -0.458 e. The summed E-state index contributed by atoms with van der Waals surface area (Å²) in [4.78, 5) is 34.5.